The van der Waals surface area contributed by atoms with Gasteiger partial charge in [-0.1, -0.05) is 31.6 Å². The standard InChI is InChI=1S/C26H40O7/c1-7-21(32-26-25(30)24(29)23(28)22(14-27)33-26)20(17(6)12-15(2)3)13-18-8-10-19(11-9-18)31-16(4)5/h7-11,15-16,22-30H,12-14H2,1-6H3/b20-17-,21-7+/t22-,23-,24+,25-,26-/m1/s1. The molecule has 7 heteroatoms. The summed E-state index contributed by atoms with van der Waals surface area (Å²) < 4.78 is 17.3. The van der Waals surface area contributed by atoms with Gasteiger partial charge in [-0.25, -0.2) is 0 Å². The predicted molar refractivity (Wildman–Crippen MR) is 127 cm³/mol. The van der Waals surface area contributed by atoms with Crippen LogP contribution in [0.25, 0.3) is 0 Å². The highest BCUT2D eigenvalue weighted by Gasteiger charge is 2.45. The first kappa shape index (κ1) is 27.3. The largest absolute Gasteiger partial charge is 0.491 e. The van der Waals surface area contributed by atoms with Gasteiger partial charge in [0.15, 0.2) is 0 Å². The van der Waals surface area contributed by atoms with Gasteiger partial charge in [-0.15, -0.1) is 0 Å². The van der Waals surface area contributed by atoms with E-state index >= 15 is 0 Å². The van der Waals surface area contributed by atoms with Gasteiger partial charge in [0.1, 0.15) is 35.9 Å². The number of hydrogen-bond acceptors (Lipinski definition) is 7. The Kier molecular flexibility index (Phi) is 10.4. The van der Waals surface area contributed by atoms with E-state index < -0.39 is 37.3 Å². The van der Waals surface area contributed by atoms with E-state index in [9.17, 15) is 20.4 Å². The van der Waals surface area contributed by atoms with Crippen molar-refractivity contribution in [1.82, 2.24) is 0 Å². The van der Waals surface area contributed by atoms with Crippen LogP contribution in [0.3, 0.4) is 0 Å². The van der Waals surface area contributed by atoms with E-state index in [4.69, 9.17) is 14.2 Å². The number of allylic oxidation sites excluding steroid dienone is 3. The van der Waals surface area contributed by atoms with E-state index in [1.807, 2.05) is 45.0 Å². The molecule has 5 atom stereocenters. The number of hydrogen-bond donors (Lipinski definition) is 4. The minimum Gasteiger partial charge on any atom is -0.491 e. The molecule has 1 aromatic carbocycles. The average molecular weight is 465 g/mol. The Morgan fingerprint density at radius 3 is 2.18 bits per heavy atom. The van der Waals surface area contributed by atoms with E-state index in [0.717, 1.165) is 28.9 Å². The highest BCUT2D eigenvalue weighted by molar-refractivity contribution is 5.38. The second-order valence-electron chi connectivity index (χ2n) is 9.31. The highest BCUT2D eigenvalue weighted by Crippen LogP contribution is 2.30. The predicted octanol–water partition coefficient (Wildman–Crippen LogP) is 3.10. The summed E-state index contributed by atoms with van der Waals surface area (Å²) in [5, 5.41) is 40.1. The lowest BCUT2D eigenvalue weighted by Crippen LogP contribution is -2.59. The van der Waals surface area contributed by atoms with Crippen LogP contribution in [0.1, 0.15) is 53.5 Å². The fraction of sp³-hybridized carbons (Fsp3) is 0.615. The van der Waals surface area contributed by atoms with Crippen molar-refractivity contribution < 1.29 is 34.6 Å². The summed E-state index contributed by atoms with van der Waals surface area (Å²) in [4.78, 5) is 0. The quantitative estimate of drug-likeness (QED) is 0.311. The van der Waals surface area contributed by atoms with Gasteiger partial charge in [-0.2, -0.15) is 0 Å². The van der Waals surface area contributed by atoms with Crippen LogP contribution in [-0.4, -0.2) is 63.8 Å². The zero-order valence-corrected chi connectivity index (χ0v) is 20.6. The topological polar surface area (TPSA) is 109 Å². The molecule has 0 radical (unpaired) electrons. The number of ether oxygens (including phenoxy) is 3. The summed E-state index contributed by atoms with van der Waals surface area (Å²) in [6.45, 7) is 11.7. The van der Waals surface area contributed by atoms with Gasteiger partial charge in [0.2, 0.25) is 6.29 Å². The molecule has 1 saturated heterocycles. The number of benzene rings is 1. The molecule has 0 saturated carbocycles. The molecule has 1 heterocycles. The van der Waals surface area contributed by atoms with E-state index in [2.05, 4.69) is 20.8 Å². The lowest BCUT2D eigenvalue weighted by atomic mass is 9.93. The molecule has 0 aromatic heterocycles. The van der Waals surface area contributed by atoms with Crippen molar-refractivity contribution in [2.24, 2.45) is 5.92 Å². The number of aliphatic hydroxyl groups is 4. The van der Waals surface area contributed by atoms with Gasteiger partial charge in [0.05, 0.1) is 12.7 Å². The molecule has 0 bridgehead atoms. The summed E-state index contributed by atoms with van der Waals surface area (Å²) in [7, 11) is 0. The second kappa shape index (κ2) is 12.5. The molecule has 33 heavy (non-hydrogen) atoms. The van der Waals surface area contributed by atoms with E-state index in [0.29, 0.717) is 18.1 Å². The maximum atomic E-state index is 10.4. The molecular weight excluding hydrogens is 424 g/mol. The first-order valence-corrected chi connectivity index (χ1v) is 11.6. The van der Waals surface area contributed by atoms with Gasteiger partial charge in [0.25, 0.3) is 0 Å². The molecule has 1 aliphatic rings. The van der Waals surface area contributed by atoms with Crippen LogP contribution in [0.4, 0.5) is 0 Å². The Morgan fingerprint density at radius 1 is 1.03 bits per heavy atom. The van der Waals surface area contributed by atoms with Crippen LogP contribution in [0.2, 0.25) is 0 Å². The maximum absolute atomic E-state index is 10.4. The smallest absolute Gasteiger partial charge is 0.229 e. The molecule has 7 nitrogen and oxygen atoms in total. The Morgan fingerprint density at radius 2 is 1.67 bits per heavy atom. The first-order chi connectivity index (χ1) is 15.6. The Bertz CT molecular complexity index is 795. The molecule has 186 valence electrons. The molecular formula is C26H40O7. The Hall–Kier alpha value is -1.90. The minimum absolute atomic E-state index is 0.0983. The molecule has 2 rings (SSSR count). The van der Waals surface area contributed by atoms with Crippen molar-refractivity contribution >= 4 is 0 Å². The van der Waals surface area contributed by atoms with Gasteiger partial charge < -0.3 is 34.6 Å². The SMILES string of the molecule is C/C=C(O[C@@H]1O[C@H](CO)[C@@H](O)[C@H](O)[C@H]1O)\C(Cc1ccc(OC(C)C)cc1)=C(\C)CC(C)C. The second-order valence-corrected chi connectivity index (χ2v) is 9.31. The third kappa shape index (κ3) is 7.55. The van der Waals surface area contributed by atoms with Crippen LogP contribution in [0.15, 0.2) is 47.2 Å². The molecule has 0 spiro atoms. The molecule has 1 aromatic rings. The van der Waals surface area contributed by atoms with Gasteiger partial charge in [-0.05, 0) is 69.4 Å². The normalized spacial score (nSPS) is 27.0. The summed E-state index contributed by atoms with van der Waals surface area (Å²) in [6.07, 6.45) is -3.27. The summed E-state index contributed by atoms with van der Waals surface area (Å²) in [5.41, 5.74) is 3.17. The van der Waals surface area contributed by atoms with Crippen molar-refractivity contribution in [1.29, 1.82) is 0 Å². The maximum Gasteiger partial charge on any atom is 0.229 e. The van der Waals surface area contributed by atoms with Crippen molar-refractivity contribution in [3.8, 4) is 5.75 Å². The average Bonchev–Trinajstić information content (AvgIpc) is 2.76. The Balaban J connectivity index is 2.30. The molecule has 0 amide bonds. The fourth-order valence-electron chi connectivity index (χ4n) is 3.95. The summed E-state index contributed by atoms with van der Waals surface area (Å²) in [5.74, 6) is 1.77. The number of rotatable bonds is 10. The van der Waals surface area contributed by atoms with Crippen molar-refractivity contribution in [3.63, 3.8) is 0 Å². The molecule has 1 aliphatic heterocycles. The van der Waals surface area contributed by atoms with Crippen LogP contribution in [0, 0.1) is 5.92 Å². The lowest BCUT2D eigenvalue weighted by molar-refractivity contribution is -0.290. The third-order valence-electron chi connectivity index (χ3n) is 5.56. The van der Waals surface area contributed by atoms with E-state index in [1.165, 1.54) is 0 Å². The van der Waals surface area contributed by atoms with E-state index in [-0.39, 0.29) is 6.10 Å². The van der Waals surface area contributed by atoms with Crippen LogP contribution in [0.5, 0.6) is 5.75 Å². The van der Waals surface area contributed by atoms with Crippen LogP contribution in [-0.2, 0) is 15.9 Å². The summed E-state index contributed by atoms with van der Waals surface area (Å²) >= 11 is 0. The summed E-state index contributed by atoms with van der Waals surface area (Å²) in [6, 6.07) is 7.92. The van der Waals surface area contributed by atoms with Crippen LogP contribution >= 0.6 is 0 Å². The molecule has 0 aliphatic carbocycles. The van der Waals surface area contributed by atoms with Crippen LogP contribution < -0.4 is 4.74 Å². The lowest BCUT2D eigenvalue weighted by Gasteiger charge is -2.40. The number of aliphatic hydroxyl groups excluding tert-OH is 4. The van der Waals surface area contributed by atoms with Gasteiger partial charge >= 0.3 is 0 Å². The monoisotopic (exact) mass is 464 g/mol. The van der Waals surface area contributed by atoms with Crippen molar-refractivity contribution in [3.05, 3.63) is 52.8 Å². The van der Waals surface area contributed by atoms with Crippen molar-refractivity contribution in [2.45, 2.75) is 91.2 Å². The zero-order chi connectivity index (χ0) is 24.7. The minimum atomic E-state index is -1.49. The molecule has 0 unspecified atom stereocenters. The fourth-order valence-corrected chi connectivity index (χ4v) is 3.95. The van der Waals surface area contributed by atoms with E-state index in [1.54, 1.807) is 6.08 Å². The molecule has 1 fully saturated rings. The highest BCUT2D eigenvalue weighted by atomic mass is 16.7. The zero-order valence-electron chi connectivity index (χ0n) is 20.6. The third-order valence-corrected chi connectivity index (χ3v) is 5.56. The molecule has 4 N–H and O–H groups in total. The Labute approximate surface area is 197 Å². The van der Waals surface area contributed by atoms with Crippen molar-refractivity contribution in [2.75, 3.05) is 6.61 Å². The van der Waals surface area contributed by atoms with Gasteiger partial charge in [-0.3, -0.25) is 0 Å². The van der Waals surface area contributed by atoms with Gasteiger partial charge in [0, 0.05) is 6.42 Å². The first-order valence-electron chi connectivity index (χ1n) is 11.6.